The quantitative estimate of drug-likeness (QED) is 0.561. The highest BCUT2D eigenvalue weighted by Gasteiger charge is 2.08. The van der Waals surface area contributed by atoms with Crippen LogP contribution in [-0.2, 0) is 11.2 Å². The van der Waals surface area contributed by atoms with Crippen molar-refractivity contribution in [2.45, 2.75) is 26.2 Å². The Kier molecular flexibility index (Phi) is 8.16. The van der Waals surface area contributed by atoms with Gasteiger partial charge >= 0.3 is 0 Å². The molecule has 0 saturated carbocycles. The molecule has 0 atom stereocenters. The normalized spacial score (nSPS) is 10.3. The Balaban J connectivity index is 1.68. The van der Waals surface area contributed by atoms with Crippen LogP contribution in [0.1, 0.15) is 35.7 Å². The number of carbonyl (C=O) groups is 2. The van der Waals surface area contributed by atoms with Gasteiger partial charge in [0.15, 0.2) is 0 Å². The van der Waals surface area contributed by atoms with E-state index in [0.717, 1.165) is 24.2 Å². The average molecular weight is 370 g/mol. The summed E-state index contributed by atoms with van der Waals surface area (Å²) in [4.78, 5) is 23.9. The SMILES string of the molecule is CCCCOc1ccc(C(=O)NCC(=O)NCCc2cccc(O)c2)cc1. The molecule has 6 nitrogen and oxygen atoms in total. The van der Waals surface area contributed by atoms with Crippen LogP contribution in [-0.4, -0.2) is 36.6 Å². The standard InChI is InChI=1S/C21H26N2O4/c1-2-3-13-27-19-9-7-17(8-10-19)21(26)23-15-20(25)22-12-11-16-5-4-6-18(24)14-16/h4-10,14,24H,2-3,11-13,15H2,1H3,(H,22,25)(H,23,26). The lowest BCUT2D eigenvalue weighted by Crippen LogP contribution is -2.37. The predicted octanol–water partition coefficient (Wildman–Crippen LogP) is 2.66. The summed E-state index contributed by atoms with van der Waals surface area (Å²) in [6, 6.07) is 13.7. The number of benzene rings is 2. The summed E-state index contributed by atoms with van der Waals surface area (Å²) in [5.41, 5.74) is 1.41. The summed E-state index contributed by atoms with van der Waals surface area (Å²) in [5.74, 6) is 0.360. The molecule has 0 saturated heterocycles. The van der Waals surface area contributed by atoms with Crippen molar-refractivity contribution in [1.82, 2.24) is 10.6 Å². The highest BCUT2D eigenvalue weighted by molar-refractivity contribution is 5.96. The van der Waals surface area contributed by atoms with Crippen molar-refractivity contribution in [1.29, 1.82) is 0 Å². The van der Waals surface area contributed by atoms with Gasteiger partial charge in [0.1, 0.15) is 11.5 Å². The fourth-order valence-electron chi connectivity index (χ4n) is 2.42. The minimum absolute atomic E-state index is 0.0897. The number of unbranched alkanes of at least 4 members (excludes halogenated alkanes) is 1. The molecule has 0 unspecified atom stereocenters. The molecular weight excluding hydrogens is 344 g/mol. The Morgan fingerprint density at radius 3 is 2.56 bits per heavy atom. The van der Waals surface area contributed by atoms with Gasteiger partial charge in [0.05, 0.1) is 13.2 Å². The third-order valence-electron chi connectivity index (χ3n) is 3.94. The van der Waals surface area contributed by atoms with Gasteiger partial charge in [-0.3, -0.25) is 9.59 Å². The molecule has 144 valence electrons. The van der Waals surface area contributed by atoms with Crippen molar-refractivity contribution in [2.24, 2.45) is 0 Å². The molecule has 0 aromatic heterocycles. The molecule has 27 heavy (non-hydrogen) atoms. The Morgan fingerprint density at radius 1 is 1.07 bits per heavy atom. The minimum atomic E-state index is -0.307. The van der Waals surface area contributed by atoms with E-state index in [2.05, 4.69) is 17.6 Å². The molecule has 0 radical (unpaired) electrons. The summed E-state index contributed by atoms with van der Waals surface area (Å²) in [5, 5.41) is 14.7. The molecule has 2 aromatic rings. The minimum Gasteiger partial charge on any atom is -0.508 e. The van der Waals surface area contributed by atoms with Crippen molar-refractivity contribution in [3.05, 3.63) is 59.7 Å². The molecule has 2 amide bonds. The highest BCUT2D eigenvalue weighted by Crippen LogP contribution is 2.13. The number of amides is 2. The summed E-state index contributed by atoms with van der Waals surface area (Å²) < 4.78 is 5.56. The second-order valence-corrected chi connectivity index (χ2v) is 6.18. The molecule has 2 rings (SSSR count). The number of phenols is 1. The van der Waals surface area contributed by atoms with Crippen LogP contribution >= 0.6 is 0 Å². The van der Waals surface area contributed by atoms with E-state index in [1.165, 1.54) is 0 Å². The fraction of sp³-hybridized carbons (Fsp3) is 0.333. The summed E-state index contributed by atoms with van der Waals surface area (Å²) in [6.45, 7) is 3.10. The predicted molar refractivity (Wildman–Crippen MR) is 104 cm³/mol. The van der Waals surface area contributed by atoms with Gasteiger partial charge in [-0.1, -0.05) is 25.5 Å². The van der Waals surface area contributed by atoms with Crippen LogP contribution in [0.2, 0.25) is 0 Å². The van der Waals surface area contributed by atoms with Crippen LogP contribution in [0.5, 0.6) is 11.5 Å². The molecule has 0 spiro atoms. The maximum atomic E-state index is 12.1. The van der Waals surface area contributed by atoms with E-state index in [1.807, 2.05) is 6.07 Å². The zero-order chi connectivity index (χ0) is 19.5. The number of carbonyl (C=O) groups excluding carboxylic acids is 2. The zero-order valence-corrected chi connectivity index (χ0v) is 15.5. The lowest BCUT2D eigenvalue weighted by atomic mass is 10.1. The van der Waals surface area contributed by atoms with Gasteiger partial charge in [0.25, 0.3) is 5.91 Å². The van der Waals surface area contributed by atoms with Crippen LogP contribution < -0.4 is 15.4 Å². The third kappa shape index (κ3) is 7.40. The lowest BCUT2D eigenvalue weighted by Gasteiger charge is -2.08. The van der Waals surface area contributed by atoms with E-state index in [0.29, 0.717) is 25.1 Å². The van der Waals surface area contributed by atoms with Gasteiger partial charge in [0, 0.05) is 12.1 Å². The molecular formula is C21H26N2O4. The van der Waals surface area contributed by atoms with Gasteiger partial charge in [-0.05, 0) is 54.8 Å². The van der Waals surface area contributed by atoms with Crippen LogP contribution in [0.3, 0.4) is 0 Å². The second-order valence-electron chi connectivity index (χ2n) is 6.18. The Labute approximate surface area is 159 Å². The van der Waals surface area contributed by atoms with E-state index in [1.54, 1.807) is 42.5 Å². The first-order chi connectivity index (χ1) is 13.1. The molecule has 3 N–H and O–H groups in total. The molecule has 0 heterocycles. The largest absolute Gasteiger partial charge is 0.508 e. The average Bonchev–Trinajstić information content (AvgIpc) is 2.67. The number of hydrogen-bond donors (Lipinski definition) is 3. The number of nitrogens with one attached hydrogen (secondary N) is 2. The molecule has 0 aliphatic rings. The van der Waals surface area contributed by atoms with Gasteiger partial charge in [0.2, 0.25) is 5.91 Å². The molecule has 0 bridgehead atoms. The molecule has 0 aliphatic heterocycles. The van der Waals surface area contributed by atoms with Gasteiger partial charge in [-0.15, -0.1) is 0 Å². The van der Waals surface area contributed by atoms with E-state index < -0.39 is 0 Å². The Bertz CT molecular complexity index is 744. The Hall–Kier alpha value is -3.02. The van der Waals surface area contributed by atoms with Crippen LogP contribution in [0.25, 0.3) is 0 Å². The van der Waals surface area contributed by atoms with Crippen molar-refractivity contribution in [3.8, 4) is 11.5 Å². The van der Waals surface area contributed by atoms with Crippen molar-refractivity contribution >= 4 is 11.8 Å². The van der Waals surface area contributed by atoms with Crippen LogP contribution in [0, 0.1) is 0 Å². The summed E-state index contributed by atoms with van der Waals surface area (Å²) >= 11 is 0. The van der Waals surface area contributed by atoms with Crippen molar-refractivity contribution in [3.63, 3.8) is 0 Å². The second kappa shape index (κ2) is 10.9. The van der Waals surface area contributed by atoms with Gasteiger partial charge in [-0.2, -0.15) is 0 Å². The maximum Gasteiger partial charge on any atom is 0.251 e. The van der Waals surface area contributed by atoms with E-state index >= 15 is 0 Å². The Morgan fingerprint density at radius 2 is 1.85 bits per heavy atom. The van der Waals surface area contributed by atoms with E-state index in [4.69, 9.17) is 4.74 Å². The first-order valence-electron chi connectivity index (χ1n) is 9.14. The topological polar surface area (TPSA) is 87.7 Å². The van der Waals surface area contributed by atoms with Crippen LogP contribution in [0.15, 0.2) is 48.5 Å². The summed E-state index contributed by atoms with van der Waals surface area (Å²) in [7, 11) is 0. The molecule has 2 aromatic carbocycles. The van der Waals surface area contributed by atoms with Crippen LogP contribution in [0.4, 0.5) is 0 Å². The maximum absolute atomic E-state index is 12.1. The van der Waals surface area contributed by atoms with E-state index in [-0.39, 0.29) is 24.1 Å². The van der Waals surface area contributed by atoms with Gasteiger partial charge in [-0.25, -0.2) is 0 Å². The van der Waals surface area contributed by atoms with Gasteiger partial charge < -0.3 is 20.5 Å². The first-order valence-corrected chi connectivity index (χ1v) is 9.14. The number of aromatic hydroxyl groups is 1. The smallest absolute Gasteiger partial charge is 0.251 e. The van der Waals surface area contributed by atoms with E-state index in [9.17, 15) is 14.7 Å². The number of rotatable bonds is 10. The molecule has 0 fully saturated rings. The molecule has 0 aliphatic carbocycles. The van der Waals surface area contributed by atoms with Crippen molar-refractivity contribution < 1.29 is 19.4 Å². The fourth-order valence-corrected chi connectivity index (χ4v) is 2.42. The number of phenolic OH excluding ortho intramolecular Hbond substituents is 1. The lowest BCUT2D eigenvalue weighted by molar-refractivity contribution is -0.120. The highest BCUT2D eigenvalue weighted by atomic mass is 16.5. The molecule has 6 heteroatoms. The number of hydrogen-bond acceptors (Lipinski definition) is 4. The third-order valence-corrected chi connectivity index (χ3v) is 3.94. The monoisotopic (exact) mass is 370 g/mol. The summed E-state index contributed by atoms with van der Waals surface area (Å²) in [6.07, 6.45) is 2.66. The zero-order valence-electron chi connectivity index (χ0n) is 15.5. The van der Waals surface area contributed by atoms with Crippen molar-refractivity contribution in [2.75, 3.05) is 19.7 Å². The number of ether oxygens (including phenoxy) is 1. The first kappa shape index (κ1) is 20.3.